The molecule has 0 spiro atoms. The second-order valence-electron chi connectivity index (χ2n) is 8.09. The first-order chi connectivity index (χ1) is 13.3. The Balaban J connectivity index is 1.95. The Bertz CT molecular complexity index is 875. The maximum Gasteiger partial charge on any atom is 0.250 e. The van der Waals surface area contributed by atoms with Crippen LogP contribution in [0.15, 0.2) is 36.4 Å². The van der Waals surface area contributed by atoms with Crippen molar-refractivity contribution in [1.29, 1.82) is 0 Å². The summed E-state index contributed by atoms with van der Waals surface area (Å²) in [7, 11) is 0. The van der Waals surface area contributed by atoms with E-state index in [9.17, 15) is 9.59 Å². The molecule has 4 heteroatoms. The molecule has 3 rings (SSSR count). The minimum absolute atomic E-state index is 0.00677. The van der Waals surface area contributed by atoms with E-state index >= 15 is 0 Å². The molecule has 0 atom stereocenters. The molecule has 148 valence electrons. The first kappa shape index (κ1) is 20.1. The highest BCUT2D eigenvalue weighted by Gasteiger charge is 2.40. The van der Waals surface area contributed by atoms with Gasteiger partial charge < -0.3 is 10.6 Å². The number of hydrogen-bond donors (Lipinski definition) is 2. The van der Waals surface area contributed by atoms with Crippen LogP contribution in [0, 0.1) is 20.8 Å². The summed E-state index contributed by atoms with van der Waals surface area (Å²) in [5, 5.41) is 6.68. The Labute approximate surface area is 167 Å². The predicted octanol–water partition coefficient (Wildman–Crippen LogP) is 5.57. The van der Waals surface area contributed by atoms with Gasteiger partial charge in [0, 0.05) is 16.9 Å². The van der Waals surface area contributed by atoms with Gasteiger partial charge in [-0.3, -0.25) is 9.59 Å². The predicted molar refractivity (Wildman–Crippen MR) is 115 cm³/mol. The summed E-state index contributed by atoms with van der Waals surface area (Å²) < 4.78 is 0. The highest BCUT2D eigenvalue weighted by molar-refractivity contribution is 6.04. The number of carbonyl (C=O) groups is 2. The van der Waals surface area contributed by atoms with Gasteiger partial charge in [0.2, 0.25) is 5.91 Å². The van der Waals surface area contributed by atoms with Crippen molar-refractivity contribution in [1.82, 2.24) is 0 Å². The van der Waals surface area contributed by atoms with E-state index in [4.69, 9.17) is 0 Å². The number of para-hydroxylation sites is 1. The molecule has 0 heterocycles. The fourth-order valence-corrected chi connectivity index (χ4v) is 4.13. The van der Waals surface area contributed by atoms with E-state index in [0.29, 0.717) is 5.56 Å². The molecule has 2 aromatic rings. The molecule has 0 saturated heterocycles. The number of anilines is 2. The monoisotopic (exact) mass is 378 g/mol. The number of ketones is 1. The Morgan fingerprint density at radius 1 is 0.929 bits per heavy atom. The lowest BCUT2D eigenvalue weighted by Gasteiger charge is -2.38. The lowest BCUT2D eigenvalue weighted by molar-refractivity contribution is -0.121. The average molecular weight is 379 g/mol. The van der Waals surface area contributed by atoms with Gasteiger partial charge in [0.1, 0.15) is 5.54 Å². The SMILES string of the molecule is CC(=O)c1cc(C)ccc1NC1(C(=O)Nc2c(C)cccc2C)CCCCC1. The summed E-state index contributed by atoms with van der Waals surface area (Å²) in [5.41, 5.74) is 4.72. The number of aryl methyl sites for hydroxylation is 3. The zero-order valence-electron chi connectivity index (χ0n) is 17.3. The molecule has 0 aliphatic heterocycles. The number of benzene rings is 2. The largest absolute Gasteiger partial charge is 0.371 e. The van der Waals surface area contributed by atoms with Crippen LogP contribution in [0.3, 0.4) is 0 Å². The summed E-state index contributed by atoms with van der Waals surface area (Å²) in [4.78, 5) is 25.7. The summed E-state index contributed by atoms with van der Waals surface area (Å²) >= 11 is 0. The third-order valence-corrected chi connectivity index (χ3v) is 5.79. The van der Waals surface area contributed by atoms with Gasteiger partial charge in [-0.15, -0.1) is 0 Å². The number of carbonyl (C=O) groups excluding carboxylic acids is 2. The fourth-order valence-electron chi connectivity index (χ4n) is 4.13. The highest BCUT2D eigenvalue weighted by Crippen LogP contribution is 2.35. The molecular formula is C24H30N2O2. The van der Waals surface area contributed by atoms with Crippen molar-refractivity contribution >= 4 is 23.1 Å². The zero-order chi connectivity index (χ0) is 20.3. The summed E-state index contributed by atoms with van der Waals surface area (Å²) in [6.45, 7) is 7.57. The topological polar surface area (TPSA) is 58.2 Å². The zero-order valence-corrected chi connectivity index (χ0v) is 17.3. The number of hydrogen-bond acceptors (Lipinski definition) is 3. The van der Waals surface area contributed by atoms with Crippen molar-refractivity contribution in [2.24, 2.45) is 0 Å². The van der Waals surface area contributed by atoms with E-state index in [2.05, 4.69) is 10.6 Å². The molecule has 1 saturated carbocycles. The minimum Gasteiger partial charge on any atom is -0.371 e. The lowest BCUT2D eigenvalue weighted by Crippen LogP contribution is -2.51. The van der Waals surface area contributed by atoms with Gasteiger partial charge in [0.25, 0.3) is 0 Å². The van der Waals surface area contributed by atoms with Crippen LogP contribution in [-0.2, 0) is 4.79 Å². The fraction of sp³-hybridized carbons (Fsp3) is 0.417. The van der Waals surface area contributed by atoms with Crippen LogP contribution in [0.25, 0.3) is 0 Å². The second-order valence-corrected chi connectivity index (χ2v) is 8.09. The molecule has 28 heavy (non-hydrogen) atoms. The van der Waals surface area contributed by atoms with Gasteiger partial charge in [-0.05, 0) is 63.8 Å². The molecule has 2 N–H and O–H groups in total. The van der Waals surface area contributed by atoms with Crippen LogP contribution in [0.1, 0.15) is 66.1 Å². The lowest BCUT2D eigenvalue weighted by atomic mass is 9.80. The Hall–Kier alpha value is -2.62. The van der Waals surface area contributed by atoms with E-state index in [1.165, 1.54) is 0 Å². The number of rotatable bonds is 5. The Morgan fingerprint density at radius 2 is 1.57 bits per heavy atom. The third kappa shape index (κ3) is 4.11. The van der Waals surface area contributed by atoms with Gasteiger partial charge in [-0.2, -0.15) is 0 Å². The number of Topliss-reactive ketones (excluding diaryl/α,β-unsaturated/α-hetero) is 1. The van der Waals surface area contributed by atoms with E-state index in [0.717, 1.165) is 60.2 Å². The van der Waals surface area contributed by atoms with Gasteiger partial charge in [-0.1, -0.05) is 49.1 Å². The van der Waals surface area contributed by atoms with Crippen molar-refractivity contribution < 1.29 is 9.59 Å². The summed E-state index contributed by atoms with van der Waals surface area (Å²) in [6.07, 6.45) is 4.64. The molecule has 2 aromatic carbocycles. The van der Waals surface area contributed by atoms with Crippen LogP contribution in [0.2, 0.25) is 0 Å². The van der Waals surface area contributed by atoms with E-state index in [1.54, 1.807) is 6.92 Å². The summed E-state index contributed by atoms with van der Waals surface area (Å²) in [5.74, 6) is -0.00741. The van der Waals surface area contributed by atoms with Crippen LogP contribution in [-0.4, -0.2) is 17.2 Å². The molecule has 0 unspecified atom stereocenters. The highest BCUT2D eigenvalue weighted by atomic mass is 16.2. The number of nitrogens with one attached hydrogen (secondary N) is 2. The van der Waals surface area contributed by atoms with Crippen LogP contribution in [0.4, 0.5) is 11.4 Å². The third-order valence-electron chi connectivity index (χ3n) is 5.79. The normalized spacial score (nSPS) is 15.7. The second kappa shape index (κ2) is 8.17. The first-order valence-electron chi connectivity index (χ1n) is 10.1. The first-order valence-corrected chi connectivity index (χ1v) is 10.1. The van der Waals surface area contributed by atoms with Crippen LogP contribution >= 0.6 is 0 Å². The van der Waals surface area contributed by atoms with Gasteiger partial charge in [0.05, 0.1) is 0 Å². The molecule has 1 fully saturated rings. The van der Waals surface area contributed by atoms with E-state index in [1.807, 2.05) is 57.2 Å². The van der Waals surface area contributed by atoms with Gasteiger partial charge in [0.15, 0.2) is 5.78 Å². The van der Waals surface area contributed by atoms with Crippen molar-refractivity contribution in [2.75, 3.05) is 10.6 Å². The number of amides is 1. The van der Waals surface area contributed by atoms with E-state index in [-0.39, 0.29) is 11.7 Å². The standard InChI is InChI=1S/C24H30N2O2/c1-16-11-12-21(20(15-16)19(4)27)26-24(13-6-5-7-14-24)23(28)25-22-17(2)9-8-10-18(22)3/h8-12,15,26H,5-7,13-14H2,1-4H3,(H,25,28). The van der Waals surface area contributed by atoms with E-state index < -0.39 is 5.54 Å². The smallest absolute Gasteiger partial charge is 0.250 e. The minimum atomic E-state index is -0.702. The summed E-state index contributed by atoms with van der Waals surface area (Å²) in [6, 6.07) is 11.8. The molecule has 1 aliphatic rings. The molecule has 0 bridgehead atoms. The maximum absolute atomic E-state index is 13.5. The molecule has 4 nitrogen and oxygen atoms in total. The van der Waals surface area contributed by atoms with Crippen LogP contribution in [0.5, 0.6) is 0 Å². The van der Waals surface area contributed by atoms with Gasteiger partial charge in [-0.25, -0.2) is 0 Å². The molecular weight excluding hydrogens is 348 g/mol. The Morgan fingerprint density at radius 3 is 2.18 bits per heavy atom. The average Bonchev–Trinajstić information content (AvgIpc) is 2.66. The quantitative estimate of drug-likeness (QED) is 0.669. The van der Waals surface area contributed by atoms with Crippen LogP contribution < -0.4 is 10.6 Å². The molecule has 1 amide bonds. The molecule has 0 radical (unpaired) electrons. The van der Waals surface area contributed by atoms with Crippen molar-refractivity contribution in [3.05, 3.63) is 58.7 Å². The molecule has 0 aromatic heterocycles. The Kier molecular flexibility index (Phi) is 5.87. The van der Waals surface area contributed by atoms with Gasteiger partial charge >= 0.3 is 0 Å². The molecule has 1 aliphatic carbocycles. The van der Waals surface area contributed by atoms with Crippen molar-refractivity contribution in [3.8, 4) is 0 Å². The van der Waals surface area contributed by atoms with Crippen molar-refractivity contribution in [3.63, 3.8) is 0 Å². The maximum atomic E-state index is 13.5. The van der Waals surface area contributed by atoms with Crippen molar-refractivity contribution in [2.45, 2.75) is 65.3 Å².